The predicted octanol–water partition coefficient (Wildman–Crippen LogP) is 1.82. The molecular weight excluding hydrogens is 306 g/mol. The Morgan fingerprint density at radius 3 is 2.83 bits per heavy atom. The van der Waals surface area contributed by atoms with Crippen LogP contribution < -0.4 is 5.32 Å². The van der Waals surface area contributed by atoms with Gasteiger partial charge < -0.3 is 10.2 Å². The van der Waals surface area contributed by atoms with Crippen LogP contribution in [0.3, 0.4) is 0 Å². The average molecular weight is 327 g/mol. The Hall–Kier alpha value is -2.70. The van der Waals surface area contributed by atoms with Crippen LogP contribution in [0.1, 0.15) is 36.3 Å². The number of benzene rings is 1. The Bertz CT molecular complexity index is 770. The molecule has 1 aliphatic heterocycles. The van der Waals surface area contributed by atoms with Gasteiger partial charge in [-0.25, -0.2) is 0 Å². The van der Waals surface area contributed by atoms with Gasteiger partial charge in [-0.15, -0.1) is 5.10 Å². The molecule has 126 valence electrons. The fraction of sp³-hybridized carbons (Fsp3) is 0.412. The maximum Gasteiger partial charge on any atom is 0.277 e. The minimum atomic E-state index is -0.545. The molecule has 0 saturated heterocycles. The van der Waals surface area contributed by atoms with E-state index < -0.39 is 6.04 Å². The number of carbonyl (C=O) groups is 2. The van der Waals surface area contributed by atoms with Gasteiger partial charge in [0.2, 0.25) is 5.91 Å². The highest BCUT2D eigenvalue weighted by Crippen LogP contribution is 2.28. The number of anilines is 1. The first-order valence-corrected chi connectivity index (χ1v) is 8.07. The number of fused-ring (bicyclic) bond motifs is 1. The van der Waals surface area contributed by atoms with E-state index >= 15 is 0 Å². The molecule has 2 amide bonds. The number of amides is 2. The summed E-state index contributed by atoms with van der Waals surface area (Å²) in [5.74, 6) is -0.410. The summed E-state index contributed by atoms with van der Waals surface area (Å²) < 4.78 is 0. The van der Waals surface area contributed by atoms with E-state index in [-0.39, 0.29) is 23.4 Å². The minimum absolute atomic E-state index is 0.0277. The van der Waals surface area contributed by atoms with Crippen molar-refractivity contribution in [1.82, 2.24) is 19.9 Å². The molecule has 1 aromatic carbocycles. The summed E-state index contributed by atoms with van der Waals surface area (Å²) in [6, 6.07) is 7.01. The summed E-state index contributed by atoms with van der Waals surface area (Å²) >= 11 is 0. The van der Waals surface area contributed by atoms with Gasteiger partial charge >= 0.3 is 0 Å². The first-order valence-electron chi connectivity index (χ1n) is 8.07. The summed E-state index contributed by atoms with van der Waals surface area (Å²) in [4.78, 5) is 28.7. The second kappa shape index (κ2) is 6.43. The van der Waals surface area contributed by atoms with Crippen LogP contribution in [-0.4, -0.2) is 37.7 Å². The topological polar surface area (TPSA) is 80.1 Å². The number of nitrogens with zero attached hydrogens (tertiary/aromatic N) is 4. The van der Waals surface area contributed by atoms with Crippen LogP contribution in [0.25, 0.3) is 0 Å². The number of hydrogen-bond acceptors (Lipinski definition) is 4. The van der Waals surface area contributed by atoms with E-state index in [1.807, 2.05) is 38.1 Å². The molecule has 3 rings (SSSR count). The largest absolute Gasteiger partial charge is 0.324 e. The molecule has 0 spiro atoms. The standard InChI is InChI=1S/C17H21N5O2/c1-4-11(2)15-16(23)19-13-8-6-5-7-12(13)10-22(15)17(24)14-9-18-21(3)20-14/h5-9,11,15H,4,10H2,1-3H3,(H,19,23)/t11-,15-/m0/s1. The van der Waals surface area contributed by atoms with Crippen molar-refractivity contribution >= 4 is 17.5 Å². The highest BCUT2D eigenvalue weighted by Gasteiger charge is 2.37. The number of carbonyl (C=O) groups excluding carboxylic acids is 2. The molecule has 2 heterocycles. The van der Waals surface area contributed by atoms with E-state index in [1.165, 1.54) is 11.0 Å². The predicted molar refractivity (Wildman–Crippen MR) is 89.2 cm³/mol. The molecule has 0 fully saturated rings. The van der Waals surface area contributed by atoms with Crippen LogP contribution in [0.4, 0.5) is 5.69 Å². The van der Waals surface area contributed by atoms with Crippen molar-refractivity contribution in [3.05, 3.63) is 41.7 Å². The number of nitrogens with one attached hydrogen (secondary N) is 1. The van der Waals surface area contributed by atoms with Crippen LogP contribution >= 0.6 is 0 Å². The average Bonchev–Trinajstić information content (AvgIpc) is 2.94. The van der Waals surface area contributed by atoms with E-state index in [0.717, 1.165) is 17.7 Å². The van der Waals surface area contributed by atoms with Gasteiger partial charge in [0, 0.05) is 19.3 Å². The maximum atomic E-state index is 13.0. The van der Waals surface area contributed by atoms with Gasteiger partial charge in [0.15, 0.2) is 5.69 Å². The fourth-order valence-electron chi connectivity index (χ4n) is 2.99. The molecule has 0 aliphatic carbocycles. The number of aryl methyl sites for hydroxylation is 1. The van der Waals surface area contributed by atoms with Gasteiger partial charge in [0.1, 0.15) is 6.04 Å². The van der Waals surface area contributed by atoms with Gasteiger partial charge in [-0.1, -0.05) is 38.5 Å². The van der Waals surface area contributed by atoms with Crippen molar-refractivity contribution in [2.45, 2.75) is 32.9 Å². The summed E-state index contributed by atoms with van der Waals surface area (Å²) in [5.41, 5.74) is 1.91. The summed E-state index contributed by atoms with van der Waals surface area (Å²) in [5, 5.41) is 11.0. The third-order valence-electron chi connectivity index (χ3n) is 4.48. The van der Waals surface area contributed by atoms with Gasteiger partial charge in [0.05, 0.1) is 6.20 Å². The molecule has 2 aromatic rings. The van der Waals surface area contributed by atoms with E-state index in [0.29, 0.717) is 6.54 Å². The van der Waals surface area contributed by atoms with Crippen molar-refractivity contribution in [2.24, 2.45) is 13.0 Å². The van der Waals surface area contributed by atoms with Crippen molar-refractivity contribution in [3.63, 3.8) is 0 Å². The second-order valence-corrected chi connectivity index (χ2v) is 6.13. The maximum absolute atomic E-state index is 13.0. The van der Waals surface area contributed by atoms with E-state index in [2.05, 4.69) is 15.5 Å². The fourth-order valence-corrected chi connectivity index (χ4v) is 2.99. The third kappa shape index (κ3) is 2.89. The lowest BCUT2D eigenvalue weighted by atomic mass is 9.96. The van der Waals surface area contributed by atoms with E-state index in [1.54, 1.807) is 11.9 Å². The SMILES string of the molecule is CC[C@H](C)[C@H]1C(=O)Nc2ccccc2CN1C(=O)c1cnn(C)n1. The normalized spacial score (nSPS) is 18.5. The van der Waals surface area contributed by atoms with Crippen LogP contribution in [0.2, 0.25) is 0 Å². The van der Waals surface area contributed by atoms with Gasteiger partial charge in [-0.2, -0.15) is 9.90 Å². The minimum Gasteiger partial charge on any atom is -0.324 e. The Kier molecular flexibility index (Phi) is 4.33. The lowest BCUT2D eigenvalue weighted by Gasteiger charge is -2.31. The lowest BCUT2D eigenvalue weighted by Crippen LogP contribution is -2.49. The molecule has 2 atom stereocenters. The Morgan fingerprint density at radius 1 is 1.42 bits per heavy atom. The second-order valence-electron chi connectivity index (χ2n) is 6.13. The van der Waals surface area contributed by atoms with Gasteiger partial charge in [-0.3, -0.25) is 9.59 Å². The number of aromatic nitrogens is 3. The van der Waals surface area contributed by atoms with E-state index in [4.69, 9.17) is 0 Å². The molecule has 24 heavy (non-hydrogen) atoms. The molecule has 0 bridgehead atoms. The van der Waals surface area contributed by atoms with Crippen LogP contribution in [0.15, 0.2) is 30.5 Å². The molecule has 0 saturated carbocycles. The molecule has 1 aliphatic rings. The molecule has 0 unspecified atom stereocenters. The van der Waals surface area contributed by atoms with E-state index in [9.17, 15) is 9.59 Å². The molecular formula is C17H21N5O2. The monoisotopic (exact) mass is 327 g/mol. The smallest absolute Gasteiger partial charge is 0.277 e. The Morgan fingerprint density at radius 2 is 2.17 bits per heavy atom. The highest BCUT2D eigenvalue weighted by atomic mass is 16.2. The number of hydrogen-bond donors (Lipinski definition) is 1. The first-order chi connectivity index (χ1) is 11.5. The lowest BCUT2D eigenvalue weighted by molar-refractivity contribution is -0.122. The quantitative estimate of drug-likeness (QED) is 0.932. The zero-order valence-electron chi connectivity index (χ0n) is 14.1. The van der Waals surface area contributed by atoms with Crippen LogP contribution in [0.5, 0.6) is 0 Å². The molecule has 7 nitrogen and oxygen atoms in total. The summed E-state index contributed by atoms with van der Waals surface area (Å²) in [6.45, 7) is 4.36. The van der Waals surface area contributed by atoms with Crippen molar-refractivity contribution in [3.8, 4) is 0 Å². The third-order valence-corrected chi connectivity index (χ3v) is 4.48. The van der Waals surface area contributed by atoms with Crippen molar-refractivity contribution < 1.29 is 9.59 Å². The Labute approximate surface area is 140 Å². The molecule has 1 aromatic heterocycles. The molecule has 1 N–H and O–H groups in total. The molecule has 0 radical (unpaired) electrons. The number of rotatable bonds is 3. The van der Waals surface area contributed by atoms with Crippen LogP contribution in [-0.2, 0) is 18.4 Å². The zero-order valence-corrected chi connectivity index (χ0v) is 14.1. The van der Waals surface area contributed by atoms with Crippen molar-refractivity contribution in [2.75, 3.05) is 5.32 Å². The summed E-state index contributed by atoms with van der Waals surface area (Å²) in [7, 11) is 1.66. The van der Waals surface area contributed by atoms with Gasteiger partial charge in [-0.05, 0) is 17.5 Å². The van der Waals surface area contributed by atoms with Crippen molar-refractivity contribution in [1.29, 1.82) is 0 Å². The highest BCUT2D eigenvalue weighted by molar-refractivity contribution is 6.01. The van der Waals surface area contributed by atoms with Gasteiger partial charge in [0.25, 0.3) is 5.91 Å². The molecule has 7 heteroatoms. The zero-order chi connectivity index (χ0) is 17.3. The summed E-state index contributed by atoms with van der Waals surface area (Å²) in [6.07, 6.45) is 2.23. The number of para-hydroxylation sites is 1. The Balaban J connectivity index is 2.03. The van der Waals surface area contributed by atoms with Crippen LogP contribution in [0, 0.1) is 5.92 Å². The first kappa shape index (κ1) is 16.2.